The fraction of sp³-hybridized carbons (Fsp3) is 0.143. The molecule has 2 rings (SSSR count). The van der Waals surface area contributed by atoms with E-state index in [-0.39, 0.29) is 4.90 Å². The summed E-state index contributed by atoms with van der Waals surface area (Å²) < 4.78 is 27.7. The normalized spacial score (nSPS) is 10.7. The van der Waals surface area contributed by atoms with Crippen LogP contribution in [0.1, 0.15) is 5.56 Å². The quantitative estimate of drug-likeness (QED) is 0.870. The van der Waals surface area contributed by atoms with Crippen LogP contribution >= 0.6 is 27.7 Å². The molecule has 0 atom stereocenters. The highest BCUT2D eigenvalue weighted by molar-refractivity contribution is 9.10. The van der Waals surface area contributed by atoms with Crippen molar-refractivity contribution in [3.05, 3.63) is 58.1 Å². The molecular formula is C14H12BrF2NS. The molecule has 1 nitrogen and oxygen atoms in total. The molecule has 0 bridgehead atoms. The predicted molar refractivity (Wildman–Crippen MR) is 77.4 cm³/mol. The van der Waals surface area contributed by atoms with E-state index in [0.717, 1.165) is 27.1 Å². The third-order valence-electron chi connectivity index (χ3n) is 2.51. The smallest absolute Gasteiger partial charge is 0.137 e. The first kappa shape index (κ1) is 14.5. The van der Waals surface area contributed by atoms with E-state index in [4.69, 9.17) is 0 Å². The Morgan fingerprint density at radius 2 is 1.89 bits per heavy atom. The van der Waals surface area contributed by atoms with E-state index >= 15 is 0 Å². The lowest BCUT2D eigenvalue weighted by Gasteiger charge is -2.10. The molecule has 0 aliphatic carbocycles. The van der Waals surface area contributed by atoms with Gasteiger partial charge in [-0.1, -0.05) is 33.8 Å². The summed E-state index contributed by atoms with van der Waals surface area (Å²) in [5.41, 5.74) is 1.04. The van der Waals surface area contributed by atoms with Gasteiger partial charge in [0, 0.05) is 15.9 Å². The summed E-state index contributed by atoms with van der Waals surface area (Å²) in [4.78, 5) is 1.18. The van der Waals surface area contributed by atoms with Crippen molar-refractivity contribution in [3.63, 3.8) is 0 Å². The van der Waals surface area contributed by atoms with Crippen LogP contribution in [0.5, 0.6) is 0 Å². The summed E-state index contributed by atoms with van der Waals surface area (Å²) in [6.45, 7) is 0.673. The second kappa shape index (κ2) is 6.50. The van der Waals surface area contributed by atoms with Crippen LogP contribution in [-0.2, 0) is 6.54 Å². The third kappa shape index (κ3) is 3.78. The van der Waals surface area contributed by atoms with Crippen LogP contribution in [-0.4, -0.2) is 7.05 Å². The Morgan fingerprint density at radius 1 is 1.11 bits per heavy atom. The maximum atomic E-state index is 13.7. The van der Waals surface area contributed by atoms with Crippen LogP contribution in [0.2, 0.25) is 0 Å². The van der Waals surface area contributed by atoms with E-state index in [1.165, 1.54) is 17.8 Å². The SMILES string of the molecule is CNCc1ccc(Br)cc1Sc1cc(F)ccc1F. The lowest BCUT2D eigenvalue weighted by molar-refractivity contribution is 0.577. The van der Waals surface area contributed by atoms with Gasteiger partial charge in [0.2, 0.25) is 0 Å². The Bertz CT molecular complexity index is 590. The Hall–Kier alpha value is -0.910. The lowest BCUT2D eigenvalue weighted by atomic mass is 10.2. The van der Waals surface area contributed by atoms with Crippen LogP contribution in [0.25, 0.3) is 0 Å². The van der Waals surface area contributed by atoms with Crippen LogP contribution in [0.4, 0.5) is 8.78 Å². The molecule has 0 unspecified atom stereocenters. The lowest BCUT2D eigenvalue weighted by Crippen LogP contribution is -2.06. The molecule has 2 aromatic carbocycles. The average molecular weight is 344 g/mol. The van der Waals surface area contributed by atoms with Gasteiger partial charge in [-0.15, -0.1) is 0 Å². The van der Waals surface area contributed by atoms with E-state index in [9.17, 15) is 8.78 Å². The summed E-state index contributed by atoms with van der Waals surface area (Å²) in [7, 11) is 1.85. The van der Waals surface area contributed by atoms with Crippen molar-refractivity contribution in [2.45, 2.75) is 16.3 Å². The highest BCUT2D eigenvalue weighted by Crippen LogP contribution is 2.34. The van der Waals surface area contributed by atoms with Crippen LogP contribution in [0, 0.1) is 11.6 Å². The van der Waals surface area contributed by atoms with E-state index < -0.39 is 11.6 Å². The summed E-state index contributed by atoms with van der Waals surface area (Å²) in [6.07, 6.45) is 0. The minimum Gasteiger partial charge on any atom is -0.316 e. The fourth-order valence-electron chi connectivity index (χ4n) is 1.63. The molecule has 0 fully saturated rings. The summed E-state index contributed by atoms with van der Waals surface area (Å²) in [6, 6.07) is 9.27. The number of rotatable bonds is 4. The van der Waals surface area contributed by atoms with Crippen molar-refractivity contribution < 1.29 is 8.78 Å². The van der Waals surface area contributed by atoms with Crippen molar-refractivity contribution in [1.82, 2.24) is 5.32 Å². The van der Waals surface area contributed by atoms with Gasteiger partial charge in [0.25, 0.3) is 0 Å². The van der Waals surface area contributed by atoms with E-state index in [1.54, 1.807) is 0 Å². The molecule has 0 radical (unpaired) electrons. The minimum atomic E-state index is -0.436. The molecule has 1 N–H and O–H groups in total. The van der Waals surface area contributed by atoms with Crippen molar-refractivity contribution in [3.8, 4) is 0 Å². The standard InChI is InChI=1S/C14H12BrF2NS/c1-18-8-9-2-3-10(15)6-13(9)19-14-7-11(16)4-5-12(14)17/h2-7,18H,8H2,1H3. The highest BCUT2D eigenvalue weighted by Gasteiger charge is 2.09. The first-order valence-corrected chi connectivity index (χ1v) is 7.27. The third-order valence-corrected chi connectivity index (χ3v) is 4.14. The maximum Gasteiger partial charge on any atom is 0.137 e. The molecule has 100 valence electrons. The molecule has 0 heterocycles. The Morgan fingerprint density at radius 3 is 2.63 bits per heavy atom. The van der Waals surface area contributed by atoms with Crippen LogP contribution in [0.3, 0.4) is 0 Å². The topological polar surface area (TPSA) is 12.0 Å². The zero-order chi connectivity index (χ0) is 13.8. The van der Waals surface area contributed by atoms with Gasteiger partial charge in [-0.2, -0.15) is 0 Å². The van der Waals surface area contributed by atoms with Crippen molar-refractivity contribution in [2.24, 2.45) is 0 Å². The Balaban J connectivity index is 2.36. The van der Waals surface area contributed by atoms with Gasteiger partial charge >= 0.3 is 0 Å². The van der Waals surface area contributed by atoms with Crippen molar-refractivity contribution >= 4 is 27.7 Å². The monoisotopic (exact) mass is 343 g/mol. The van der Waals surface area contributed by atoms with Crippen LogP contribution in [0.15, 0.2) is 50.7 Å². The summed E-state index contributed by atoms with van der Waals surface area (Å²) in [5.74, 6) is -0.851. The van der Waals surface area contributed by atoms with Crippen molar-refractivity contribution in [1.29, 1.82) is 0 Å². The molecule has 0 aliphatic heterocycles. The van der Waals surface area contributed by atoms with Gasteiger partial charge in [0.15, 0.2) is 0 Å². The molecule has 0 saturated carbocycles. The first-order valence-electron chi connectivity index (χ1n) is 5.66. The average Bonchev–Trinajstić information content (AvgIpc) is 2.37. The molecule has 5 heteroatoms. The summed E-state index contributed by atoms with van der Waals surface area (Å²) in [5, 5.41) is 3.06. The molecule has 0 aliphatic rings. The fourth-order valence-corrected chi connectivity index (χ4v) is 3.18. The second-order valence-electron chi connectivity index (χ2n) is 3.96. The highest BCUT2D eigenvalue weighted by atomic mass is 79.9. The van der Waals surface area contributed by atoms with Gasteiger partial charge in [-0.3, -0.25) is 0 Å². The Kier molecular flexibility index (Phi) is 4.96. The van der Waals surface area contributed by atoms with Gasteiger partial charge in [-0.05, 0) is 42.9 Å². The molecule has 0 spiro atoms. The zero-order valence-corrected chi connectivity index (χ0v) is 12.6. The molecule has 0 saturated heterocycles. The van der Waals surface area contributed by atoms with Gasteiger partial charge in [-0.25, -0.2) is 8.78 Å². The van der Waals surface area contributed by atoms with E-state index in [0.29, 0.717) is 6.54 Å². The molecule has 0 amide bonds. The number of halogens is 3. The van der Waals surface area contributed by atoms with Gasteiger partial charge in [0.1, 0.15) is 11.6 Å². The molecule has 2 aromatic rings. The molecular weight excluding hydrogens is 332 g/mol. The zero-order valence-electron chi connectivity index (χ0n) is 10.2. The predicted octanol–water partition coefficient (Wildman–Crippen LogP) is 4.60. The van der Waals surface area contributed by atoms with E-state index in [1.807, 2.05) is 25.2 Å². The number of hydrogen-bond acceptors (Lipinski definition) is 2. The van der Waals surface area contributed by atoms with Crippen molar-refractivity contribution in [2.75, 3.05) is 7.05 Å². The minimum absolute atomic E-state index is 0.287. The van der Waals surface area contributed by atoms with E-state index in [2.05, 4.69) is 21.2 Å². The first-order chi connectivity index (χ1) is 9.10. The van der Waals surface area contributed by atoms with Gasteiger partial charge < -0.3 is 5.32 Å². The van der Waals surface area contributed by atoms with Gasteiger partial charge in [0.05, 0.1) is 4.90 Å². The maximum absolute atomic E-state index is 13.7. The number of nitrogens with one attached hydrogen (secondary N) is 1. The molecule has 19 heavy (non-hydrogen) atoms. The molecule has 0 aromatic heterocycles. The number of benzene rings is 2. The second-order valence-corrected chi connectivity index (χ2v) is 5.96. The largest absolute Gasteiger partial charge is 0.316 e. The number of hydrogen-bond donors (Lipinski definition) is 1. The summed E-state index contributed by atoms with van der Waals surface area (Å²) >= 11 is 4.62. The Labute approximate surface area is 123 Å². The van der Waals surface area contributed by atoms with Crippen LogP contribution < -0.4 is 5.32 Å².